The second-order valence-electron chi connectivity index (χ2n) is 7.94. The van der Waals surface area contributed by atoms with Gasteiger partial charge >= 0.3 is 0 Å². The molecule has 1 aromatic carbocycles. The number of hydrogen-bond acceptors (Lipinski definition) is 2. The van der Waals surface area contributed by atoms with Crippen LogP contribution in [0.25, 0.3) is 0 Å². The quantitative estimate of drug-likeness (QED) is 0.874. The smallest absolute Gasteiger partial charge is 0.226 e. The third-order valence-corrected chi connectivity index (χ3v) is 6.80. The maximum absolute atomic E-state index is 13.2. The zero-order chi connectivity index (χ0) is 16.7. The van der Waals surface area contributed by atoms with E-state index in [4.69, 9.17) is 17.3 Å². The van der Waals surface area contributed by atoms with Crippen molar-refractivity contribution < 1.29 is 4.79 Å². The average Bonchev–Trinajstić information content (AvgIpc) is 3.04. The van der Waals surface area contributed by atoms with E-state index < -0.39 is 0 Å². The summed E-state index contributed by atoms with van der Waals surface area (Å²) in [5, 5.41) is 0.753. The second kappa shape index (κ2) is 6.68. The molecule has 1 aromatic rings. The van der Waals surface area contributed by atoms with Gasteiger partial charge in [0.1, 0.15) is 0 Å². The van der Waals surface area contributed by atoms with Gasteiger partial charge in [0.15, 0.2) is 0 Å². The van der Waals surface area contributed by atoms with Crippen molar-refractivity contribution in [3.05, 3.63) is 34.9 Å². The Hall–Kier alpha value is -1.06. The van der Waals surface area contributed by atoms with Crippen LogP contribution in [-0.4, -0.2) is 23.4 Å². The summed E-state index contributed by atoms with van der Waals surface area (Å²) < 4.78 is 0. The van der Waals surface area contributed by atoms with Gasteiger partial charge in [-0.1, -0.05) is 30.2 Å². The third-order valence-electron chi connectivity index (χ3n) is 6.55. The first-order valence-electron chi connectivity index (χ1n) is 9.45. The fourth-order valence-corrected chi connectivity index (χ4v) is 5.41. The lowest BCUT2D eigenvalue weighted by atomic mass is 9.65. The Kier molecular flexibility index (Phi) is 4.57. The van der Waals surface area contributed by atoms with Crippen LogP contribution >= 0.6 is 11.6 Å². The van der Waals surface area contributed by atoms with Crippen LogP contribution < -0.4 is 5.73 Å². The van der Waals surface area contributed by atoms with Crippen molar-refractivity contribution in [3.63, 3.8) is 0 Å². The molecule has 0 radical (unpaired) electrons. The van der Waals surface area contributed by atoms with Gasteiger partial charge in [0, 0.05) is 23.5 Å². The summed E-state index contributed by atoms with van der Waals surface area (Å²) in [4.78, 5) is 15.4. The highest BCUT2D eigenvalue weighted by Crippen LogP contribution is 2.44. The van der Waals surface area contributed by atoms with Gasteiger partial charge in [0.2, 0.25) is 5.91 Å². The molecule has 2 aliphatic carbocycles. The van der Waals surface area contributed by atoms with E-state index in [-0.39, 0.29) is 12.0 Å². The van der Waals surface area contributed by atoms with Crippen molar-refractivity contribution in [2.45, 2.75) is 57.0 Å². The predicted molar refractivity (Wildman–Crippen MR) is 96.7 cm³/mol. The van der Waals surface area contributed by atoms with Crippen LogP contribution in [0, 0.1) is 17.8 Å². The van der Waals surface area contributed by atoms with Gasteiger partial charge in [-0.05, 0) is 68.1 Å². The molecule has 4 rings (SSSR count). The van der Waals surface area contributed by atoms with Crippen molar-refractivity contribution >= 4 is 17.5 Å². The molecular weight excluding hydrogens is 320 g/mol. The molecule has 1 aliphatic heterocycles. The molecule has 0 spiro atoms. The third kappa shape index (κ3) is 2.97. The Morgan fingerprint density at radius 2 is 1.71 bits per heavy atom. The molecule has 24 heavy (non-hydrogen) atoms. The highest BCUT2D eigenvalue weighted by atomic mass is 35.5. The maximum atomic E-state index is 13.2. The molecule has 130 valence electrons. The Bertz CT molecular complexity index is 588. The molecule has 2 bridgehead atoms. The summed E-state index contributed by atoms with van der Waals surface area (Å²) in [6.07, 6.45) is 7.87. The summed E-state index contributed by atoms with van der Waals surface area (Å²) in [7, 11) is 0. The number of likely N-dealkylation sites (tertiary alicyclic amines) is 1. The number of hydrogen-bond donors (Lipinski definition) is 1. The number of rotatable bonds is 2. The van der Waals surface area contributed by atoms with Gasteiger partial charge in [0.25, 0.3) is 0 Å². The van der Waals surface area contributed by atoms with Gasteiger partial charge in [-0.25, -0.2) is 0 Å². The van der Waals surface area contributed by atoms with E-state index in [0.717, 1.165) is 37.3 Å². The summed E-state index contributed by atoms with van der Waals surface area (Å²) in [6.45, 7) is 0.893. The van der Waals surface area contributed by atoms with Crippen molar-refractivity contribution in [3.8, 4) is 0 Å². The molecule has 2 saturated carbocycles. The Morgan fingerprint density at radius 1 is 1.04 bits per heavy atom. The standard InChI is InChI=1S/C20H27ClN2O/c21-17-8-6-13(7-9-17)18-5-2-10-23(18)20(24)16-11-14-3-1-4-15(12-16)19(14)22/h6-9,14-16,18-19H,1-5,10-12,22H2. The lowest BCUT2D eigenvalue weighted by Crippen LogP contribution is -2.49. The van der Waals surface area contributed by atoms with Crippen LogP contribution in [0.1, 0.15) is 56.6 Å². The average molecular weight is 347 g/mol. The molecule has 3 nitrogen and oxygen atoms in total. The lowest BCUT2D eigenvalue weighted by molar-refractivity contribution is -0.139. The lowest BCUT2D eigenvalue weighted by Gasteiger charge is -2.44. The Balaban J connectivity index is 1.50. The van der Waals surface area contributed by atoms with Crippen LogP contribution in [0.3, 0.4) is 0 Å². The zero-order valence-corrected chi connectivity index (χ0v) is 14.9. The fourth-order valence-electron chi connectivity index (χ4n) is 5.29. The normalized spacial score (nSPS) is 35.9. The number of fused-ring (bicyclic) bond motifs is 2. The first-order chi connectivity index (χ1) is 11.6. The van der Waals surface area contributed by atoms with Crippen molar-refractivity contribution in [2.75, 3.05) is 6.54 Å². The van der Waals surface area contributed by atoms with E-state index in [0.29, 0.717) is 23.8 Å². The first-order valence-corrected chi connectivity index (χ1v) is 9.83. The molecule has 3 fully saturated rings. The van der Waals surface area contributed by atoms with Crippen LogP contribution in [0.4, 0.5) is 0 Å². The predicted octanol–water partition coefficient (Wildman–Crippen LogP) is 4.16. The van der Waals surface area contributed by atoms with Crippen molar-refractivity contribution in [1.82, 2.24) is 4.90 Å². The Labute approximate surface area is 149 Å². The summed E-state index contributed by atoms with van der Waals surface area (Å²) in [5.41, 5.74) is 7.62. The van der Waals surface area contributed by atoms with Crippen LogP contribution in [0.5, 0.6) is 0 Å². The topological polar surface area (TPSA) is 46.3 Å². The van der Waals surface area contributed by atoms with Gasteiger partial charge < -0.3 is 10.6 Å². The SMILES string of the molecule is NC1C2CCCC1CC(C(=O)N1CCCC1c1ccc(Cl)cc1)C2. The van der Waals surface area contributed by atoms with Crippen molar-refractivity contribution in [2.24, 2.45) is 23.5 Å². The Morgan fingerprint density at radius 3 is 2.38 bits per heavy atom. The number of carbonyl (C=O) groups is 1. The minimum atomic E-state index is 0.188. The van der Waals surface area contributed by atoms with E-state index in [1.54, 1.807) is 0 Å². The molecule has 3 atom stereocenters. The van der Waals surface area contributed by atoms with Gasteiger partial charge in [-0.3, -0.25) is 4.79 Å². The van der Waals surface area contributed by atoms with E-state index in [1.807, 2.05) is 12.1 Å². The van der Waals surface area contributed by atoms with Gasteiger partial charge in [-0.2, -0.15) is 0 Å². The zero-order valence-electron chi connectivity index (χ0n) is 14.2. The molecule has 1 saturated heterocycles. The number of nitrogens with two attached hydrogens (primary N) is 1. The summed E-state index contributed by atoms with van der Waals surface area (Å²) in [6, 6.07) is 8.57. The van der Waals surface area contributed by atoms with E-state index in [2.05, 4.69) is 17.0 Å². The molecule has 3 unspecified atom stereocenters. The largest absolute Gasteiger partial charge is 0.335 e. The number of halogens is 1. The summed E-state index contributed by atoms with van der Waals surface area (Å²) in [5.74, 6) is 1.68. The molecule has 1 heterocycles. The van der Waals surface area contributed by atoms with Gasteiger partial charge in [0.05, 0.1) is 6.04 Å². The van der Waals surface area contributed by atoms with Crippen LogP contribution in [0.2, 0.25) is 5.02 Å². The first kappa shape index (κ1) is 16.4. The van der Waals surface area contributed by atoms with E-state index in [9.17, 15) is 4.79 Å². The monoisotopic (exact) mass is 346 g/mol. The molecule has 0 aromatic heterocycles. The van der Waals surface area contributed by atoms with Crippen LogP contribution in [-0.2, 0) is 4.79 Å². The summed E-state index contributed by atoms with van der Waals surface area (Å²) >= 11 is 6.01. The van der Waals surface area contributed by atoms with Gasteiger partial charge in [-0.15, -0.1) is 0 Å². The number of benzene rings is 1. The molecule has 3 aliphatic rings. The minimum absolute atomic E-state index is 0.188. The number of nitrogens with zero attached hydrogens (tertiary/aromatic N) is 1. The van der Waals surface area contributed by atoms with Crippen LogP contribution in [0.15, 0.2) is 24.3 Å². The fraction of sp³-hybridized carbons (Fsp3) is 0.650. The highest BCUT2D eigenvalue weighted by Gasteiger charge is 2.43. The van der Waals surface area contributed by atoms with E-state index in [1.165, 1.54) is 24.8 Å². The molecule has 4 heteroatoms. The number of carbonyl (C=O) groups excluding carboxylic acids is 1. The molecule has 2 N–H and O–H groups in total. The maximum Gasteiger partial charge on any atom is 0.226 e. The highest BCUT2D eigenvalue weighted by molar-refractivity contribution is 6.30. The molecular formula is C20H27ClN2O. The molecule has 1 amide bonds. The van der Waals surface area contributed by atoms with E-state index >= 15 is 0 Å². The second-order valence-corrected chi connectivity index (χ2v) is 8.37. The minimum Gasteiger partial charge on any atom is -0.335 e. The van der Waals surface area contributed by atoms with Crippen molar-refractivity contribution in [1.29, 1.82) is 0 Å². The number of amides is 1.